The molecule has 1 aromatic heterocycles. The number of hydrogen-bond donors (Lipinski definition) is 2. The van der Waals surface area contributed by atoms with Crippen molar-refractivity contribution >= 4 is 28.4 Å². The quantitative estimate of drug-likeness (QED) is 0.667. The lowest BCUT2D eigenvalue weighted by Gasteiger charge is -2.23. The van der Waals surface area contributed by atoms with Crippen molar-refractivity contribution in [2.45, 2.75) is 32.9 Å². The third-order valence-electron chi connectivity index (χ3n) is 4.68. The summed E-state index contributed by atoms with van der Waals surface area (Å²) in [5.41, 5.74) is 0.542. The zero-order chi connectivity index (χ0) is 20.3. The van der Waals surface area contributed by atoms with Crippen LogP contribution >= 0.6 is 11.6 Å². The molecule has 0 spiro atoms. The number of halogens is 1. The Bertz CT molecular complexity index is 1100. The molecule has 6 nitrogen and oxygen atoms in total. The van der Waals surface area contributed by atoms with E-state index in [1.54, 1.807) is 36.4 Å². The van der Waals surface area contributed by atoms with Crippen LogP contribution in [0.15, 0.2) is 58.1 Å². The van der Waals surface area contributed by atoms with E-state index >= 15 is 0 Å². The lowest BCUT2D eigenvalue weighted by Crippen LogP contribution is -2.35. The predicted octanol–water partition coefficient (Wildman–Crippen LogP) is 3.25. The number of carbonyl (C=O) groups is 1. The van der Waals surface area contributed by atoms with Crippen LogP contribution in [0.2, 0.25) is 5.02 Å². The molecule has 3 rings (SSSR count). The molecule has 2 N–H and O–H groups in total. The second-order valence-electron chi connectivity index (χ2n) is 7.02. The molecule has 7 heteroatoms. The first-order valence-electron chi connectivity index (χ1n) is 9.13. The number of amides is 1. The molecule has 1 atom stereocenters. The van der Waals surface area contributed by atoms with Crippen molar-refractivity contribution < 1.29 is 4.79 Å². The summed E-state index contributed by atoms with van der Waals surface area (Å²) >= 11 is 5.95. The van der Waals surface area contributed by atoms with Gasteiger partial charge < -0.3 is 5.32 Å². The Labute approximate surface area is 167 Å². The van der Waals surface area contributed by atoms with Crippen molar-refractivity contribution in [3.8, 4) is 0 Å². The van der Waals surface area contributed by atoms with Crippen molar-refractivity contribution in [1.29, 1.82) is 0 Å². The third kappa shape index (κ3) is 4.34. The molecule has 0 fully saturated rings. The maximum Gasteiger partial charge on any atom is 0.328 e. The molecule has 146 valence electrons. The van der Waals surface area contributed by atoms with Crippen LogP contribution in [0, 0.1) is 5.92 Å². The minimum atomic E-state index is -0.519. The van der Waals surface area contributed by atoms with Crippen LogP contribution in [0.4, 0.5) is 0 Å². The topological polar surface area (TPSA) is 84.0 Å². The van der Waals surface area contributed by atoms with Crippen LogP contribution < -0.4 is 16.6 Å². The molecule has 0 aliphatic carbocycles. The Morgan fingerprint density at radius 3 is 2.46 bits per heavy atom. The molecule has 28 heavy (non-hydrogen) atoms. The Morgan fingerprint density at radius 1 is 1.11 bits per heavy atom. The van der Waals surface area contributed by atoms with Gasteiger partial charge in [-0.15, -0.1) is 0 Å². The highest BCUT2D eigenvalue weighted by Gasteiger charge is 2.18. The fourth-order valence-electron chi connectivity index (χ4n) is 3.23. The molecule has 0 aliphatic rings. The van der Waals surface area contributed by atoms with E-state index in [1.165, 1.54) is 4.57 Å². The normalized spacial score (nSPS) is 12.3. The summed E-state index contributed by atoms with van der Waals surface area (Å²) in [6.45, 7) is 4.23. The third-order valence-corrected chi connectivity index (χ3v) is 4.93. The van der Waals surface area contributed by atoms with E-state index in [0.29, 0.717) is 15.9 Å². The van der Waals surface area contributed by atoms with Gasteiger partial charge in [-0.25, -0.2) is 4.79 Å². The van der Waals surface area contributed by atoms with E-state index < -0.39 is 11.2 Å². The number of carbonyl (C=O) groups excluding carboxylic acids is 1. The van der Waals surface area contributed by atoms with Crippen molar-refractivity contribution in [2.75, 3.05) is 0 Å². The number of para-hydroxylation sites is 1. The molecule has 3 aromatic rings. The largest absolute Gasteiger partial charge is 0.349 e. The number of fused-ring (bicyclic) bond motifs is 1. The molecule has 1 amide bonds. The first-order valence-corrected chi connectivity index (χ1v) is 9.51. The fourth-order valence-corrected chi connectivity index (χ4v) is 3.35. The standard InChI is InChI=1S/C21H22ClN3O3/c1-13(2)19(14-7-9-15(22)10-8-14)23-18(26)11-12-25-17-6-4-3-5-16(17)20(27)24-21(25)28/h3-10,13,19H,11-12H2,1-2H3,(H,23,26)(H,24,27,28). The summed E-state index contributed by atoms with van der Waals surface area (Å²) < 4.78 is 1.42. The predicted molar refractivity (Wildman–Crippen MR) is 111 cm³/mol. The number of H-pyrrole nitrogens is 1. The van der Waals surface area contributed by atoms with E-state index in [2.05, 4.69) is 10.3 Å². The smallest absolute Gasteiger partial charge is 0.328 e. The number of rotatable bonds is 6. The first kappa shape index (κ1) is 19.9. The average molecular weight is 400 g/mol. The van der Waals surface area contributed by atoms with Crippen LogP contribution in [0.25, 0.3) is 10.9 Å². The van der Waals surface area contributed by atoms with Crippen molar-refractivity contribution in [3.63, 3.8) is 0 Å². The zero-order valence-corrected chi connectivity index (χ0v) is 16.5. The molecule has 2 aromatic carbocycles. The average Bonchev–Trinajstić information content (AvgIpc) is 2.66. The number of nitrogens with zero attached hydrogens (tertiary/aromatic N) is 1. The summed E-state index contributed by atoms with van der Waals surface area (Å²) in [5.74, 6) is 0.0117. The van der Waals surface area contributed by atoms with Crippen LogP contribution in [0.1, 0.15) is 31.9 Å². The number of benzene rings is 2. The van der Waals surface area contributed by atoms with Gasteiger partial charge in [0.15, 0.2) is 0 Å². The lowest BCUT2D eigenvalue weighted by molar-refractivity contribution is -0.122. The van der Waals surface area contributed by atoms with Gasteiger partial charge in [0.25, 0.3) is 5.56 Å². The van der Waals surface area contributed by atoms with Gasteiger partial charge in [0.1, 0.15) is 0 Å². The summed E-state index contributed by atoms with van der Waals surface area (Å²) in [4.78, 5) is 39.0. The van der Waals surface area contributed by atoms with Crippen molar-refractivity contribution in [1.82, 2.24) is 14.9 Å². The maximum absolute atomic E-state index is 12.6. The SMILES string of the molecule is CC(C)C(NC(=O)CCn1c(=O)[nH]c(=O)c2ccccc21)c1ccc(Cl)cc1. The lowest BCUT2D eigenvalue weighted by atomic mass is 9.96. The van der Waals surface area contributed by atoms with E-state index in [0.717, 1.165) is 5.56 Å². The van der Waals surface area contributed by atoms with E-state index in [4.69, 9.17) is 11.6 Å². The molecule has 0 saturated heterocycles. The van der Waals surface area contributed by atoms with Crippen molar-refractivity contribution in [3.05, 3.63) is 80.0 Å². The highest BCUT2D eigenvalue weighted by molar-refractivity contribution is 6.30. The number of aromatic nitrogens is 2. The Balaban J connectivity index is 1.77. The molecule has 0 radical (unpaired) electrons. The van der Waals surface area contributed by atoms with Gasteiger partial charge in [0.2, 0.25) is 5.91 Å². The van der Waals surface area contributed by atoms with Crippen LogP contribution in [-0.4, -0.2) is 15.5 Å². The molecular formula is C21H22ClN3O3. The van der Waals surface area contributed by atoms with Gasteiger partial charge in [-0.1, -0.05) is 49.7 Å². The van der Waals surface area contributed by atoms with Gasteiger partial charge >= 0.3 is 5.69 Å². The Hall–Kier alpha value is -2.86. The maximum atomic E-state index is 12.6. The van der Waals surface area contributed by atoms with Crippen molar-refractivity contribution in [2.24, 2.45) is 5.92 Å². The number of aromatic amines is 1. The second-order valence-corrected chi connectivity index (χ2v) is 7.46. The second kappa shape index (κ2) is 8.44. The van der Waals surface area contributed by atoms with Gasteiger partial charge in [0, 0.05) is 18.0 Å². The number of aryl methyl sites for hydroxylation is 1. The van der Waals surface area contributed by atoms with E-state index in [-0.39, 0.29) is 30.8 Å². The minimum absolute atomic E-state index is 0.118. The van der Waals surface area contributed by atoms with Gasteiger partial charge in [-0.05, 0) is 35.7 Å². The Kier molecular flexibility index (Phi) is 5.99. The highest BCUT2D eigenvalue weighted by atomic mass is 35.5. The Morgan fingerprint density at radius 2 is 1.79 bits per heavy atom. The van der Waals surface area contributed by atoms with Gasteiger partial charge in [0.05, 0.1) is 16.9 Å². The molecule has 1 unspecified atom stereocenters. The van der Waals surface area contributed by atoms with E-state index in [9.17, 15) is 14.4 Å². The highest BCUT2D eigenvalue weighted by Crippen LogP contribution is 2.23. The summed E-state index contributed by atoms with van der Waals surface area (Å²) in [6.07, 6.45) is 0.118. The number of hydrogen-bond acceptors (Lipinski definition) is 3. The minimum Gasteiger partial charge on any atom is -0.349 e. The first-order chi connectivity index (χ1) is 13.4. The summed E-state index contributed by atoms with van der Waals surface area (Å²) in [5, 5.41) is 4.09. The summed E-state index contributed by atoms with van der Waals surface area (Å²) in [7, 11) is 0. The zero-order valence-electron chi connectivity index (χ0n) is 15.7. The molecular weight excluding hydrogens is 378 g/mol. The molecule has 0 saturated carbocycles. The molecule has 0 aliphatic heterocycles. The monoisotopic (exact) mass is 399 g/mol. The van der Waals surface area contributed by atoms with Gasteiger partial charge in [-0.3, -0.25) is 19.1 Å². The van der Waals surface area contributed by atoms with Crippen LogP contribution in [0.3, 0.4) is 0 Å². The fraction of sp³-hybridized carbons (Fsp3) is 0.286. The van der Waals surface area contributed by atoms with E-state index in [1.807, 2.05) is 26.0 Å². The van der Waals surface area contributed by atoms with Crippen LogP contribution in [-0.2, 0) is 11.3 Å². The molecule has 0 bridgehead atoms. The van der Waals surface area contributed by atoms with Crippen LogP contribution in [0.5, 0.6) is 0 Å². The van der Waals surface area contributed by atoms with Gasteiger partial charge in [-0.2, -0.15) is 0 Å². The number of nitrogens with one attached hydrogen (secondary N) is 2. The molecule has 1 heterocycles. The summed E-state index contributed by atoms with van der Waals surface area (Å²) in [6, 6.07) is 14.1.